The zero-order valence-electron chi connectivity index (χ0n) is 10.8. The molecule has 2 saturated heterocycles. The third-order valence-corrected chi connectivity index (χ3v) is 3.69. The third kappa shape index (κ3) is 3.26. The molecule has 0 aromatic rings. The van der Waals surface area contributed by atoms with E-state index in [2.05, 4.69) is 12.5 Å². The van der Waals surface area contributed by atoms with Crippen LogP contribution in [0.5, 0.6) is 0 Å². The van der Waals surface area contributed by atoms with Crippen LogP contribution in [0.15, 0.2) is 24.8 Å². The number of hydrogen-bond donors (Lipinski definition) is 2. The molecule has 0 spiro atoms. The van der Waals surface area contributed by atoms with Gasteiger partial charge in [0.1, 0.15) is 0 Å². The van der Waals surface area contributed by atoms with Crippen molar-refractivity contribution < 1.29 is 19.7 Å². The molecule has 2 bridgehead atoms. The van der Waals surface area contributed by atoms with Crippen LogP contribution in [-0.4, -0.2) is 46.8 Å². The molecule has 4 heteroatoms. The molecule has 2 aliphatic heterocycles. The van der Waals surface area contributed by atoms with Crippen LogP contribution in [0.3, 0.4) is 0 Å². The summed E-state index contributed by atoms with van der Waals surface area (Å²) < 4.78 is 11.7. The first kappa shape index (κ1) is 14.3. The molecule has 2 unspecified atom stereocenters. The maximum atomic E-state index is 9.76. The Labute approximate surface area is 113 Å². The van der Waals surface area contributed by atoms with E-state index in [9.17, 15) is 10.2 Å². The molecule has 6 atom stereocenters. The second-order valence-electron chi connectivity index (χ2n) is 5.00. The van der Waals surface area contributed by atoms with Crippen molar-refractivity contribution in [1.82, 2.24) is 0 Å². The van der Waals surface area contributed by atoms with Crippen LogP contribution in [0.2, 0.25) is 0 Å². The second kappa shape index (κ2) is 6.36. The zero-order valence-corrected chi connectivity index (χ0v) is 10.8. The molecule has 104 valence electrons. The Bertz CT molecular complexity index is 384. The maximum absolute atomic E-state index is 9.76. The number of rotatable bonds is 6. The minimum Gasteiger partial charge on any atom is -0.390 e. The highest BCUT2D eigenvalue weighted by Crippen LogP contribution is 2.38. The number of terminal acetylenes is 1. The summed E-state index contributed by atoms with van der Waals surface area (Å²) in [6.07, 6.45) is 10.2. The molecule has 2 rings (SSSR count). The molecule has 0 aromatic heterocycles. The first-order chi connectivity index (χ1) is 9.15. The van der Waals surface area contributed by atoms with Gasteiger partial charge in [0.25, 0.3) is 0 Å². The van der Waals surface area contributed by atoms with E-state index in [0.717, 1.165) is 12.8 Å². The van der Waals surface area contributed by atoms with E-state index >= 15 is 0 Å². The summed E-state index contributed by atoms with van der Waals surface area (Å²) >= 11 is 0. The highest BCUT2D eigenvalue weighted by atomic mass is 16.6. The average Bonchev–Trinajstić information content (AvgIpc) is 2.97. The quantitative estimate of drug-likeness (QED) is 0.550. The molecular formula is C15H20O4. The highest BCUT2D eigenvalue weighted by Gasteiger charge is 2.48. The Morgan fingerprint density at radius 1 is 1.32 bits per heavy atom. The SMILES string of the molecule is C#C/C=C/C[C@H]1O[C@H]2C[C@@H]1O[C@H]2CC(O)C(O)C=C. The third-order valence-electron chi connectivity index (χ3n) is 3.69. The van der Waals surface area contributed by atoms with Crippen molar-refractivity contribution in [3.05, 3.63) is 24.8 Å². The summed E-state index contributed by atoms with van der Waals surface area (Å²) in [7, 11) is 0. The van der Waals surface area contributed by atoms with E-state index in [-0.39, 0.29) is 24.4 Å². The van der Waals surface area contributed by atoms with E-state index < -0.39 is 12.2 Å². The van der Waals surface area contributed by atoms with Gasteiger partial charge in [-0.1, -0.05) is 18.1 Å². The highest BCUT2D eigenvalue weighted by molar-refractivity contribution is 5.10. The van der Waals surface area contributed by atoms with Gasteiger partial charge in [-0.15, -0.1) is 13.0 Å². The molecule has 2 aliphatic rings. The van der Waals surface area contributed by atoms with E-state index in [4.69, 9.17) is 15.9 Å². The summed E-state index contributed by atoms with van der Waals surface area (Å²) in [4.78, 5) is 0. The molecule has 0 amide bonds. The summed E-state index contributed by atoms with van der Waals surface area (Å²) in [5.41, 5.74) is 0. The van der Waals surface area contributed by atoms with Gasteiger partial charge < -0.3 is 19.7 Å². The molecule has 4 nitrogen and oxygen atoms in total. The number of aliphatic hydroxyl groups is 2. The van der Waals surface area contributed by atoms with Gasteiger partial charge in [-0.3, -0.25) is 0 Å². The standard InChI is InChI=1S/C15H20O4/c1-3-5-6-7-12-14-9-15(18-12)13(19-14)8-11(17)10(16)4-2/h1,4-6,10-17H,2,7-9H2/b6-5+/t10?,11?,12-,13+,14+,15+/m1/s1. The zero-order chi connectivity index (χ0) is 13.8. The number of allylic oxidation sites excluding steroid dienone is 1. The number of aliphatic hydroxyl groups excluding tert-OH is 2. The Kier molecular flexibility index (Phi) is 4.78. The summed E-state index contributed by atoms with van der Waals surface area (Å²) in [5, 5.41) is 19.2. The molecule has 0 aromatic carbocycles. The Balaban J connectivity index is 1.81. The average molecular weight is 264 g/mol. The van der Waals surface area contributed by atoms with E-state index in [1.54, 1.807) is 6.08 Å². The van der Waals surface area contributed by atoms with Crippen LogP contribution in [0.4, 0.5) is 0 Å². The fraction of sp³-hybridized carbons (Fsp3) is 0.600. The predicted molar refractivity (Wildman–Crippen MR) is 71.4 cm³/mol. The van der Waals surface area contributed by atoms with Gasteiger partial charge in [0.2, 0.25) is 0 Å². The molecule has 0 radical (unpaired) electrons. The fourth-order valence-corrected chi connectivity index (χ4v) is 2.66. The monoisotopic (exact) mass is 264 g/mol. The number of hydrogen-bond acceptors (Lipinski definition) is 4. The van der Waals surface area contributed by atoms with Crippen molar-refractivity contribution in [2.45, 2.75) is 55.9 Å². The van der Waals surface area contributed by atoms with Crippen molar-refractivity contribution in [2.75, 3.05) is 0 Å². The normalized spacial score (nSPS) is 36.3. The van der Waals surface area contributed by atoms with Gasteiger partial charge in [0.05, 0.1) is 36.6 Å². The van der Waals surface area contributed by atoms with E-state index in [1.165, 1.54) is 6.08 Å². The Morgan fingerprint density at radius 3 is 2.58 bits per heavy atom. The van der Waals surface area contributed by atoms with Gasteiger partial charge in [-0.25, -0.2) is 0 Å². The predicted octanol–water partition coefficient (Wildman–Crippen LogP) is 0.789. The van der Waals surface area contributed by atoms with Crippen LogP contribution in [0.25, 0.3) is 0 Å². The van der Waals surface area contributed by atoms with Crippen LogP contribution in [-0.2, 0) is 9.47 Å². The van der Waals surface area contributed by atoms with Crippen LogP contribution >= 0.6 is 0 Å². The molecule has 0 saturated carbocycles. The van der Waals surface area contributed by atoms with Gasteiger partial charge in [-0.2, -0.15) is 0 Å². The van der Waals surface area contributed by atoms with Crippen molar-refractivity contribution in [1.29, 1.82) is 0 Å². The number of fused-ring (bicyclic) bond motifs is 2. The number of ether oxygens (including phenoxy) is 2. The van der Waals surface area contributed by atoms with Crippen molar-refractivity contribution >= 4 is 0 Å². The van der Waals surface area contributed by atoms with E-state index in [1.807, 2.05) is 6.08 Å². The lowest BCUT2D eigenvalue weighted by Crippen LogP contribution is -2.39. The van der Waals surface area contributed by atoms with Crippen LogP contribution in [0, 0.1) is 12.3 Å². The Hall–Kier alpha value is -1.12. The minimum atomic E-state index is -0.919. The first-order valence-electron chi connectivity index (χ1n) is 6.56. The molecule has 2 heterocycles. The van der Waals surface area contributed by atoms with E-state index in [0.29, 0.717) is 6.42 Å². The maximum Gasteiger partial charge on any atom is 0.0978 e. The molecule has 0 aliphatic carbocycles. The van der Waals surface area contributed by atoms with Gasteiger partial charge in [0.15, 0.2) is 0 Å². The van der Waals surface area contributed by atoms with Crippen molar-refractivity contribution in [3.63, 3.8) is 0 Å². The molecule has 2 N–H and O–H groups in total. The summed E-state index contributed by atoms with van der Waals surface area (Å²) in [6.45, 7) is 3.45. The first-order valence-corrected chi connectivity index (χ1v) is 6.56. The smallest absolute Gasteiger partial charge is 0.0978 e. The topological polar surface area (TPSA) is 58.9 Å². The Morgan fingerprint density at radius 2 is 2.00 bits per heavy atom. The lowest BCUT2D eigenvalue weighted by molar-refractivity contribution is -0.148. The molecular weight excluding hydrogens is 244 g/mol. The molecule has 2 fully saturated rings. The van der Waals surface area contributed by atoms with Gasteiger partial charge in [-0.05, 0) is 12.5 Å². The van der Waals surface area contributed by atoms with Crippen LogP contribution < -0.4 is 0 Å². The minimum absolute atomic E-state index is 0.000834. The largest absolute Gasteiger partial charge is 0.390 e. The lowest BCUT2D eigenvalue weighted by Gasteiger charge is -2.30. The van der Waals surface area contributed by atoms with Crippen molar-refractivity contribution in [2.24, 2.45) is 0 Å². The second-order valence-corrected chi connectivity index (χ2v) is 5.00. The van der Waals surface area contributed by atoms with Gasteiger partial charge >= 0.3 is 0 Å². The molecule has 19 heavy (non-hydrogen) atoms. The fourth-order valence-electron chi connectivity index (χ4n) is 2.66. The van der Waals surface area contributed by atoms with Crippen LogP contribution in [0.1, 0.15) is 19.3 Å². The van der Waals surface area contributed by atoms with Crippen molar-refractivity contribution in [3.8, 4) is 12.3 Å². The lowest BCUT2D eigenvalue weighted by atomic mass is 10.0. The van der Waals surface area contributed by atoms with Gasteiger partial charge in [0, 0.05) is 12.8 Å². The summed E-state index contributed by atoms with van der Waals surface area (Å²) in [6, 6.07) is 0. The summed E-state index contributed by atoms with van der Waals surface area (Å²) in [5.74, 6) is 2.44.